The minimum atomic E-state index is -1.61. The number of aliphatic hydroxyl groups excluding tert-OH is 2. The fraction of sp³-hybridized carbons (Fsp3) is 0.556. The van der Waals surface area contributed by atoms with Gasteiger partial charge in [0.25, 0.3) is 0 Å². The van der Waals surface area contributed by atoms with Gasteiger partial charge in [-0.05, 0) is 13.8 Å². The minimum Gasteiger partial charge on any atom is -0.480 e. The molecule has 0 aliphatic heterocycles. The number of primary amides is 1. The van der Waals surface area contributed by atoms with E-state index in [0.717, 1.165) is 0 Å². The van der Waals surface area contributed by atoms with Crippen molar-refractivity contribution in [3.05, 3.63) is 18.2 Å². The number of aromatic nitrogens is 2. The number of aromatic amines is 1. The summed E-state index contributed by atoms with van der Waals surface area (Å²) < 4.78 is 0. The summed E-state index contributed by atoms with van der Waals surface area (Å²) >= 11 is 0. The molecule has 0 saturated carbocycles. The maximum absolute atomic E-state index is 12.6. The molecule has 0 fully saturated rings. The van der Waals surface area contributed by atoms with Crippen molar-refractivity contribution in [2.24, 2.45) is 11.5 Å². The molecule has 11 N–H and O–H groups in total. The van der Waals surface area contributed by atoms with Crippen molar-refractivity contribution in [2.75, 3.05) is 0 Å². The third-order valence-electron chi connectivity index (χ3n) is 4.52. The summed E-state index contributed by atoms with van der Waals surface area (Å²) in [6, 6.07) is -6.04. The van der Waals surface area contributed by atoms with Gasteiger partial charge in [0.1, 0.15) is 24.2 Å². The van der Waals surface area contributed by atoms with Crippen LogP contribution in [0.1, 0.15) is 26.0 Å². The summed E-state index contributed by atoms with van der Waals surface area (Å²) in [7, 11) is 0. The number of nitrogens with two attached hydrogens (primary N) is 2. The molecule has 0 saturated heterocycles. The highest BCUT2D eigenvalue weighted by molar-refractivity contribution is 5.96. The number of aliphatic hydroxyl groups is 2. The van der Waals surface area contributed by atoms with E-state index in [-0.39, 0.29) is 6.42 Å². The third-order valence-corrected chi connectivity index (χ3v) is 4.52. The molecule has 15 nitrogen and oxygen atoms in total. The molecule has 1 aromatic heterocycles. The van der Waals surface area contributed by atoms with Crippen molar-refractivity contribution < 1.29 is 39.3 Å². The number of nitrogens with one attached hydrogen (secondary N) is 4. The van der Waals surface area contributed by atoms with Gasteiger partial charge in [0.2, 0.25) is 23.6 Å². The average Bonchev–Trinajstić information content (AvgIpc) is 3.22. The molecule has 0 aliphatic rings. The molecule has 0 radical (unpaired) electrons. The fourth-order valence-corrected chi connectivity index (χ4v) is 2.63. The molecule has 1 aromatic rings. The normalized spacial score (nSPS) is 16.4. The van der Waals surface area contributed by atoms with Gasteiger partial charge in [-0.2, -0.15) is 0 Å². The van der Waals surface area contributed by atoms with Crippen LogP contribution in [0.25, 0.3) is 0 Å². The summed E-state index contributed by atoms with van der Waals surface area (Å²) in [6.07, 6.45) is -0.888. The number of imidazole rings is 1. The first-order valence-corrected chi connectivity index (χ1v) is 9.84. The molecule has 0 bridgehead atoms. The van der Waals surface area contributed by atoms with Crippen molar-refractivity contribution in [3.63, 3.8) is 0 Å². The van der Waals surface area contributed by atoms with Crippen LogP contribution in [0.5, 0.6) is 0 Å². The van der Waals surface area contributed by atoms with E-state index in [1.54, 1.807) is 0 Å². The van der Waals surface area contributed by atoms with Crippen molar-refractivity contribution in [1.82, 2.24) is 25.9 Å². The Labute approximate surface area is 188 Å². The van der Waals surface area contributed by atoms with Crippen LogP contribution in [0.3, 0.4) is 0 Å². The summed E-state index contributed by atoms with van der Waals surface area (Å²) in [6.45, 7) is 2.42. The van der Waals surface area contributed by atoms with Gasteiger partial charge in [0, 0.05) is 18.3 Å². The van der Waals surface area contributed by atoms with E-state index >= 15 is 0 Å². The number of hydrogen-bond donors (Lipinski definition) is 9. The Morgan fingerprint density at radius 2 is 1.61 bits per heavy atom. The quantitative estimate of drug-likeness (QED) is 0.133. The molecule has 15 heteroatoms. The molecule has 33 heavy (non-hydrogen) atoms. The predicted molar refractivity (Wildman–Crippen MR) is 111 cm³/mol. The molecule has 0 spiro atoms. The molecule has 0 aromatic carbocycles. The van der Waals surface area contributed by atoms with E-state index < -0.39 is 72.4 Å². The number of carbonyl (C=O) groups excluding carboxylic acids is 4. The lowest BCUT2D eigenvalue weighted by Gasteiger charge is -2.26. The van der Waals surface area contributed by atoms with E-state index in [9.17, 15) is 39.3 Å². The maximum Gasteiger partial charge on any atom is 0.326 e. The average molecular weight is 471 g/mol. The Hall–Kier alpha value is -3.56. The monoisotopic (exact) mass is 471 g/mol. The molecule has 6 atom stereocenters. The second kappa shape index (κ2) is 12.5. The maximum atomic E-state index is 12.6. The Balaban J connectivity index is 2.97. The Morgan fingerprint density at radius 1 is 1.00 bits per heavy atom. The molecule has 184 valence electrons. The highest BCUT2D eigenvalue weighted by Gasteiger charge is 2.33. The van der Waals surface area contributed by atoms with Crippen molar-refractivity contribution in [2.45, 2.75) is 63.1 Å². The topological polar surface area (TPSA) is 263 Å². The second-order valence-electron chi connectivity index (χ2n) is 7.41. The molecule has 1 rings (SSSR count). The zero-order chi connectivity index (χ0) is 25.3. The van der Waals surface area contributed by atoms with E-state index in [2.05, 4.69) is 25.9 Å². The largest absolute Gasteiger partial charge is 0.480 e. The lowest BCUT2D eigenvalue weighted by molar-refractivity contribution is -0.142. The van der Waals surface area contributed by atoms with Crippen LogP contribution in [-0.4, -0.2) is 91.3 Å². The van der Waals surface area contributed by atoms with Crippen LogP contribution in [-0.2, 0) is 30.4 Å². The van der Waals surface area contributed by atoms with Crippen molar-refractivity contribution >= 4 is 29.6 Å². The summed E-state index contributed by atoms with van der Waals surface area (Å²) in [5.41, 5.74) is 11.0. The molecule has 0 aliphatic carbocycles. The first kappa shape index (κ1) is 27.5. The molecule has 4 amide bonds. The number of carboxylic acids is 1. The van der Waals surface area contributed by atoms with Crippen LogP contribution >= 0.6 is 0 Å². The van der Waals surface area contributed by atoms with Gasteiger partial charge in [0.05, 0.1) is 25.0 Å². The number of aliphatic carboxylic acids is 1. The summed E-state index contributed by atoms with van der Waals surface area (Å²) in [4.78, 5) is 66.7. The number of nitrogens with zero attached hydrogens (tertiary/aromatic N) is 1. The highest BCUT2D eigenvalue weighted by Crippen LogP contribution is 2.03. The third kappa shape index (κ3) is 8.83. The van der Waals surface area contributed by atoms with Gasteiger partial charge in [0.15, 0.2) is 0 Å². The van der Waals surface area contributed by atoms with Crippen LogP contribution in [0.2, 0.25) is 0 Å². The van der Waals surface area contributed by atoms with Gasteiger partial charge in [-0.1, -0.05) is 0 Å². The van der Waals surface area contributed by atoms with Crippen LogP contribution in [0.4, 0.5) is 0 Å². The zero-order valence-corrected chi connectivity index (χ0v) is 18.0. The summed E-state index contributed by atoms with van der Waals surface area (Å²) in [5.74, 6) is -5.43. The lowest BCUT2D eigenvalue weighted by atomic mass is 10.1. The number of hydrogen-bond acceptors (Lipinski definition) is 9. The second-order valence-corrected chi connectivity index (χ2v) is 7.41. The van der Waals surface area contributed by atoms with Gasteiger partial charge < -0.3 is 47.7 Å². The van der Waals surface area contributed by atoms with Crippen molar-refractivity contribution in [1.29, 1.82) is 0 Å². The van der Waals surface area contributed by atoms with Gasteiger partial charge in [-0.25, -0.2) is 9.78 Å². The number of carboxylic acid groups (broad SMARTS) is 1. The number of H-pyrrole nitrogens is 1. The highest BCUT2D eigenvalue weighted by atomic mass is 16.4. The Morgan fingerprint density at radius 3 is 2.06 bits per heavy atom. The lowest BCUT2D eigenvalue weighted by Crippen LogP contribution is -2.61. The number of rotatable bonds is 13. The first-order valence-electron chi connectivity index (χ1n) is 9.84. The Kier molecular flexibility index (Phi) is 10.4. The molecule has 1 heterocycles. The van der Waals surface area contributed by atoms with Gasteiger partial charge >= 0.3 is 5.97 Å². The number of amides is 4. The standard InChI is InChI=1S/C18H29N7O8/c1-7(26)13(20)16(30)25-14(8(2)27)17(31)23-10(4-12(19)28)15(29)24-11(18(32)33)3-9-5-21-6-22-9/h5-8,10-11,13-14,26-27H,3-4,20H2,1-2H3,(H2,19,28)(H,21,22)(H,23,31)(H,24,29)(H,25,30)(H,32,33). The van der Waals surface area contributed by atoms with Crippen molar-refractivity contribution in [3.8, 4) is 0 Å². The zero-order valence-electron chi connectivity index (χ0n) is 18.0. The Bertz CT molecular complexity index is 843. The SMILES string of the molecule is CC(O)C(N)C(=O)NC(C(=O)NC(CC(N)=O)C(=O)NC(Cc1cnc[nH]1)C(=O)O)C(C)O. The van der Waals surface area contributed by atoms with Gasteiger partial charge in [-0.3, -0.25) is 19.2 Å². The van der Waals surface area contributed by atoms with Crippen LogP contribution in [0.15, 0.2) is 12.5 Å². The van der Waals surface area contributed by atoms with E-state index in [1.165, 1.54) is 26.4 Å². The number of carbonyl (C=O) groups is 5. The minimum absolute atomic E-state index is 0.165. The molecular weight excluding hydrogens is 442 g/mol. The molecular formula is C18H29N7O8. The van der Waals surface area contributed by atoms with Gasteiger partial charge in [-0.15, -0.1) is 0 Å². The van der Waals surface area contributed by atoms with E-state index in [1.807, 2.05) is 0 Å². The van der Waals surface area contributed by atoms with E-state index in [4.69, 9.17) is 11.5 Å². The van der Waals surface area contributed by atoms with Crippen LogP contribution < -0.4 is 27.4 Å². The molecule has 6 unspecified atom stereocenters. The van der Waals surface area contributed by atoms with Crippen LogP contribution in [0, 0.1) is 0 Å². The van der Waals surface area contributed by atoms with E-state index in [0.29, 0.717) is 5.69 Å². The predicted octanol–water partition coefficient (Wildman–Crippen LogP) is -4.54. The first-order chi connectivity index (χ1) is 15.3. The smallest absolute Gasteiger partial charge is 0.326 e. The summed E-state index contributed by atoms with van der Waals surface area (Å²) in [5, 5.41) is 35.2. The fourth-order valence-electron chi connectivity index (χ4n) is 2.63.